The smallest absolute Gasteiger partial charge is 0.139 e. The van der Waals surface area contributed by atoms with Crippen molar-refractivity contribution in [3.8, 4) is 23.0 Å². The molecule has 2 N–H and O–H groups in total. The Hall–Kier alpha value is -2.88. The van der Waals surface area contributed by atoms with Gasteiger partial charge in [0.2, 0.25) is 0 Å². The highest BCUT2D eigenvalue weighted by atomic mass is 16.5. The molecule has 2 aliphatic heterocycles. The lowest BCUT2D eigenvalue weighted by molar-refractivity contribution is 0.157. The Kier molecular flexibility index (Phi) is 3.10. The van der Waals surface area contributed by atoms with Gasteiger partial charge in [-0.1, -0.05) is 0 Å². The summed E-state index contributed by atoms with van der Waals surface area (Å²) < 4.78 is 11.9. The van der Waals surface area contributed by atoms with E-state index in [9.17, 15) is 10.2 Å². The maximum atomic E-state index is 10.1. The summed E-state index contributed by atoms with van der Waals surface area (Å²) in [5, 5.41) is 19.7. The number of aromatic hydroxyl groups is 2. The van der Waals surface area contributed by atoms with E-state index in [1.165, 1.54) is 0 Å². The maximum Gasteiger partial charge on any atom is 0.139 e. The third kappa shape index (κ3) is 2.40. The molecule has 2 aromatic rings. The molecule has 122 valence electrons. The Morgan fingerprint density at radius 1 is 1.08 bits per heavy atom. The third-order valence-electron chi connectivity index (χ3n) is 4.25. The Morgan fingerprint density at radius 2 is 1.92 bits per heavy atom. The van der Waals surface area contributed by atoms with Gasteiger partial charge in [0.15, 0.2) is 0 Å². The Labute approximate surface area is 140 Å². The minimum absolute atomic E-state index is 0.183. The van der Waals surface area contributed by atoms with Gasteiger partial charge in [0.25, 0.3) is 0 Å². The molecule has 2 aliphatic rings. The number of phenols is 2. The van der Waals surface area contributed by atoms with Crippen LogP contribution in [0.4, 0.5) is 0 Å². The van der Waals surface area contributed by atoms with Gasteiger partial charge < -0.3 is 19.7 Å². The van der Waals surface area contributed by atoms with Gasteiger partial charge in [-0.3, -0.25) is 0 Å². The van der Waals surface area contributed by atoms with Gasteiger partial charge >= 0.3 is 0 Å². The number of ether oxygens (including phenoxy) is 2. The first-order valence-corrected chi connectivity index (χ1v) is 7.84. The second-order valence-electron chi connectivity index (χ2n) is 6.59. The van der Waals surface area contributed by atoms with Gasteiger partial charge in [-0.05, 0) is 56.3 Å². The van der Waals surface area contributed by atoms with Crippen LogP contribution in [-0.2, 0) is 0 Å². The van der Waals surface area contributed by atoms with Crippen LogP contribution in [-0.4, -0.2) is 22.4 Å². The fourth-order valence-corrected chi connectivity index (χ4v) is 3.00. The van der Waals surface area contributed by atoms with Crippen molar-refractivity contribution in [3.63, 3.8) is 0 Å². The molecule has 0 amide bonds. The first kappa shape index (κ1) is 14.7. The zero-order valence-electron chi connectivity index (χ0n) is 13.5. The van der Waals surface area contributed by atoms with E-state index in [1.54, 1.807) is 18.2 Å². The van der Waals surface area contributed by atoms with Crippen molar-refractivity contribution in [2.45, 2.75) is 19.4 Å². The molecular formula is C20H18O4. The minimum atomic E-state index is -0.435. The van der Waals surface area contributed by atoms with Gasteiger partial charge in [0.05, 0.1) is 5.56 Å². The molecule has 0 saturated heterocycles. The quantitative estimate of drug-likeness (QED) is 0.825. The van der Waals surface area contributed by atoms with E-state index in [0.717, 1.165) is 16.7 Å². The van der Waals surface area contributed by atoms with Gasteiger partial charge in [-0.25, -0.2) is 0 Å². The van der Waals surface area contributed by atoms with Crippen LogP contribution in [0, 0.1) is 0 Å². The summed E-state index contributed by atoms with van der Waals surface area (Å²) in [5.74, 6) is 1.71. The van der Waals surface area contributed by atoms with E-state index >= 15 is 0 Å². The van der Waals surface area contributed by atoms with Gasteiger partial charge in [0, 0.05) is 22.8 Å². The lowest BCUT2D eigenvalue weighted by atomic mass is 9.94. The van der Waals surface area contributed by atoms with Crippen molar-refractivity contribution < 1.29 is 19.7 Å². The zero-order chi connectivity index (χ0) is 16.9. The van der Waals surface area contributed by atoms with Crippen LogP contribution >= 0.6 is 0 Å². The average Bonchev–Trinajstić information content (AvgIpc) is 2.54. The van der Waals surface area contributed by atoms with Crippen molar-refractivity contribution in [1.82, 2.24) is 0 Å². The first-order chi connectivity index (χ1) is 11.4. The van der Waals surface area contributed by atoms with Gasteiger partial charge in [-0.15, -0.1) is 0 Å². The fraction of sp³-hybridized carbons (Fsp3) is 0.200. The molecule has 0 radical (unpaired) electrons. The normalized spacial score (nSPS) is 17.2. The van der Waals surface area contributed by atoms with E-state index in [4.69, 9.17) is 9.47 Å². The molecule has 0 spiro atoms. The maximum absolute atomic E-state index is 10.1. The summed E-state index contributed by atoms with van der Waals surface area (Å²) in [7, 11) is 0. The van der Waals surface area contributed by atoms with Gasteiger partial charge in [0.1, 0.15) is 35.2 Å². The molecule has 4 heteroatoms. The van der Waals surface area contributed by atoms with Crippen molar-refractivity contribution in [1.29, 1.82) is 0 Å². The number of hydrogen-bond acceptors (Lipinski definition) is 4. The van der Waals surface area contributed by atoms with Crippen molar-refractivity contribution in [2.24, 2.45) is 0 Å². The molecule has 0 aliphatic carbocycles. The van der Waals surface area contributed by atoms with Gasteiger partial charge in [-0.2, -0.15) is 0 Å². The number of benzene rings is 2. The van der Waals surface area contributed by atoms with Crippen LogP contribution < -0.4 is 9.47 Å². The lowest BCUT2D eigenvalue weighted by Gasteiger charge is -2.31. The second-order valence-corrected chi connectivity index (χ2v) is 6.59. The SMILES string of the molecule is CC1(C)C=Cc2c(O)ccc(C3=Cc4ccc(O)cc4OC3)c2O1. The summed E-state index contributed by atoms with van der Waals surface area (Å²) in [6.07, 6.45) is 5.86. The molecule has 0 atom stereocenters. The van der Waals surface area contributed by atoms with Crippen LogP contribution in [0.2, 0.25) is 0 Å². The standard InChI is InChI=1S/C20H18O4/c1-20(2)8-7-16-17(22)6-5-15(19(16)24-20)13-9-12-3-4-14(21)10-18(12)23-11-13/h3-10,21-22H,11H2,1-2H3. The molecule has 4 rings (SSSR count). The number of fused-ring (bicyclic) bond motifs is 2. The number of hydrogen-bond donors (Lipinski definition) is 2. The fourth-order valence-electron chi connectivity index (χ4n) is 3.00. The van der Waals surface area contributed by atoms with E-state index in [1.807, 2.05) is 44.2 Å². The summed E-state index contributed by atoms with van der Waals surface area (Å²) in [6.45, 7) is 4.33. The molecular weight excluding hydrogens is 304 g/mol. The van der Waals surface area contributed by atoms with Crippen molar-refractivity contribution >= 4 is 17.7 Å². The topological polar surface area (TPSA) is 58.9 Å². The summed E-state index contributed by atoms with van der Waals surface area (Å²) in [4.78, 5) is 0. The molecule has 0 fully saturated rings. The molecule has 0 saturated carbocycles. The highest BCUT2D eigenvalue weighted by Gasteiger charge is 2.27. The van der Waals surface area contributed by atoms with E-state index < -0.39 is 5.60 Å². The molecule has 2 heterocycles. The van der Waals surface area contributed by atoms with E-state index in [2.05, 4.69) is 0 Å². The van der Waals surface area contributed by atoms with Crippen LogP contribution in [0.15, 0.2) is 36.4 Å². The molecule has 4 nitrogen and oxygen atoms in total. The molecule has 2 aromatic carbocycles. The summed E-state index contributed by atoms with van der Waals surface area (Å²) in [5.41, 5.74) is 3.02. The minimum Gasteiger partial charge on any atom is -0.508 e. The highest BCUT2D eigenvalue weighted by Crippen LogP contribution is 2.43. The van der Waals surface area contributed by atoms with Crippen molar-refractivity contribution in [3.05, 3.63) is 53.1 Å². The monoisotopic (exact) mass is 322 g/mol. The van der Waals surface area contributed by atoms with Crippen molar-refractivity contribution in [2.75, 3.05) is 6.61 Å². The highest BCUT2D eigenvalue weighted by molar-refractivity contribution is 5.90. The molecule has 0 aromatic heterocycles. The predicted molar refractivity (Wildman–Crippen MR) is 93.3 cm³/mol. The number of phenolic OH excluding ortho intramolecular Hbond substituents is 2. The zero-order valence-corrected chi connectivity index (χ0v) is 13.5. The van der Waals surface area contributed by atoms with Crippen LogP contribution in [0.5, 0.6) is 23.0 Å². The second kappa shape index (κ2) is 5.06. The van der Waals surface area contributed by atoms with E-state index in [-0.39, 0.29) is 11.5 Å². The summed E-state index contributed by atoms with van der Waals surface area (Å²) >= 11 is 0. The molecule has 24 heavy (non-hydrogen) atoms. The van der Waals surface area contributed by atoms with Crippen LogP contribution in [0.3, 0.4) is 0 Å². The van der Waals surface area contributed by atoms with E-state index in [0.29, 0.717) is 23.7 Å². The molecule has 0 bridgehead atoms. The predicted octanol–water partition coefficient (Wildman–Crippen LogP) is 4.22. The molecule has 0 unspecified atom stereocenters. The Bertz CT molecular complexity index is 891. The average molecular weight is 322 g/mol. The van der Waals surface area contributed by atoms with Crippen LogP contribution in [0.1, 0.15) is 30.5 Å². The first-order valence-electron chi connectivity index (χ1n) is 7.84. The Balaban J connectivity index is 1.84. The summed E-state index contributed by atoms with van der Waals surface area (Å²) in [6, 6.07) is 8.59. The Morgan fingerprint density at radius 3 is 2.75 bits per heavy atom. The lowest BCUT2D eigenvalue weighted by Crippen LogP contribution is -2.28. The van der Waals surface area contributed by atoms with Crippen LogP contribution in [0.25, 0.3) is 17.7 Å². The third-order valence-corrected chi connectivity index (χ3v) is 4.25. The largest absolute Gasteiger partial charge is 0.508 e. The number of rotatable bonds is 1.